The molecule has 0 unspecified atom stereocenters. The fourth-order valence-corrected chi connectivity index (χ4v) is 3.87. The van der Waals surface area contributed by atoms with Crippen molar-refractivity contribution in [2.75, 3.05) is 18.0 Å². The summed E-state index contributed by atoms with van der Waals surface area (Å²) >= 11 is 1.65. The lowest BCUT2D eigenvalue weighted by Gasteiger charge is -2.17. The normalized spacial score (nSPS) is 18.1. The van der Waals surface area contributed by atoms with E-state index in [2.05, 4.69) is 19.7 Å². The van der Waals surface area contributed by atoms with Gasteiger partial charge in [-0.1, -0.05) is 23.9 Å². The Labute approximate surface area is 133 Å². The van der Waals surface area contributed by atoms with Gasteiger partial charge < -0.3 is 4.90 Å². The van der Waals surface area contributed by atoms with Gasteiger partial charge in [0, 0.05) is 24.9 Å². The minimum absolute atomic E-state index is 0.181. The van der Waals surface area contributed by atoms with Crippen molar-refractivity contribution < 1.29 is 4.39 Å². The molecule has 1 saturated carbocycles. The van der Waals surface area contributed by atoms with Gasteiger partial charge in [-0.15, -0.1) is 10.2 Å². The maximum absolute atomic E-state index is 13.3. The Morgan fingerprint density at radius 3 is 2.73 bits per heavy atom. The Kier molecular flexibility index (Phi) is 3.78. The van der Waals surface area contributed by atoms with Gasteiger partial charge in [0.25, 0.3) is 0 Å². The van der Waals surface area contributed by atoms with Gasteiger partial charge in [0.05, 0.1) is 0 Å². The third-order valence-electron chi connectivity index (χ3n) is 4.20. The minimum Gasteiger partial charge on any atom is -0.341 e. The number of rotatable bonds is 5. The Bertz CT molecular complexity index is 662. The van der Waals surface area contributed by atoms with Gasteiger partial charge >= 0.3 is 0 Å². The van der Waals surface area contributed by atoms with Gasteiger partial charge in [0.15, 0.2) is 5.16 Å². The van der Waals surface area contributed by atoms with Crippen LogP contribution in [-0.4, -0.2) is 27.9 Å². The molecular weight excluding hydrogens is 299 g/mol. The first-order chi connectivity index (χ1) is 10.8. The van der Waals surface area contributed by atoms with Crippen molar-refractivity contribution in [3.63, 3.8) is 0 Å². The van der Waals surface area contributed by atoms with E-state index in [0.29, 0.717) is 6.04 Å². The van der Waals surface area contributed by atoms with Crippen molar-refractivity contribution in [2.24, 2.45) is 0 Å². The summed E-state index contributed by atoms with van der Waals surface area (Å²) in [6.07, 6.45) is 4.91. The summed E-state index contributed by atoms with van der Waals surface area (Å²) in [5, 5.41) is 9.80. The molecule has 2 heterocycles. The Hall–Kier alpha value is -1.56. The lowest BCUT2D eigenvalue weighted by atomic mass is 10.2. The van der Waals surface area contributed by atoms with E-state index in [9.17, 15) is 4.39 Å². The average molecular weight is 318 g/mol. The maximum atomic E-state index is 13.3. The van der Waals surface area contributed by atoms with Crippen LogP contribution in [0.25, 0.3) is 0 Å². The second-order valence-electron chi connectivity index (χ2n) is 6.00. The molecule has 6 heteroatoms. The van der Waals surface area contributed by atoms with Crippen molar-refractivity contribution >= 4 is 17.7 Å². The van der Waals surface area contributed by atoms with Crippen LogP contribution >= 0.6 is 11.8 Å². The molecule has 0 radical (unpaired) electrons. The Balaban J connectivity index is 1.54. The predicted molar refractivity (Wildman–Crippen MR) is 85.7 cm³/mol. The van der Waals surface area contributed by atoms with E-state index in [4.69, 9.17) is 0 Å². The van der Waals surface area contributed by atoms with E-state index in [1.807, 2.05) is 6.07 Å². The third kappa shape index (κ3) is 2.84. The summed E-state index contributed by atoms with van der Waals surface area (Å²) in [5.74, 6) is 1.57. The van der Waals surface area contributed by atoms with Crippen LogP contribution < -0.4 is 4.90 Å². The number of anilines is 1. The molecule has 22 heavy (non-hydrogen) atoms. The summed E-state index contributed by atoms with van der Waals surface area (Å²) in [6.45, 7) is 2.17. The summed E-state index contributed by atoms with van der Waals surface area (Å²) in [7, 11) is 0. The molecule has 1 aromatic heterocycles. The SMILES string of the molecule is Fc1cccc(CSc2nnc(N3CCCC3)n2C2CC2)c1. The van der Waals surface area contributed by atoms with E-state index >= 15 is 0 Å². The van der Waals surface area contributed by atoms with Crippen molar-refractivity contribution in [1.82, 2.24) is 14.8 Å². The van der Waals surface area contributed by atoms with E-state index in [-0.39, 0.29) is 5.82 Å². The van der Waals surface area contributed by atoms with Crippen LogP contribution in [0.1, 0.15) is 37.3 Å². The fourth-order valence-electron chi connectivity index (χ4n) is 2.93. The van der Waals surface area contributed by atoms with E-state index in [1.165, 1.54) is 31.7 Å². The van der Waals surface area contributed by atoms with Gasteiger partial charge in [-0.2, -0.15) is 0 Å². The lowest BCUT2D eigenvalue weighted by molar-refractivity contribution is 0.626. The van der Waals surface area contributed by atoms with Gasteiger partial charge in [0.1, 0.15) is 5.82 Å². The zero-order chi connectivity index (χ0) is 14.9. The van der Waals surface area contributed by atoms with Gasteiger partial charge in [-0.25, -0.2) is 4.39 Å². The van der Waals surface area contributed by atoms with Crippen molar-refractivity contribution in [3.05, 3.63) is 35.6 Å². The highest BCUT2D eigenvalue weighted by molar-refractivity contribution is 7.98. The molecule has 4 nitrogen and oxygen atoms in total. The second kappa shape index (κ2) is 5.91. The van der Waals surface area contributed by atoms with Gasteiger partial charge in [-0.05, 0) is 43.4 Å². The smallest absolute Gasteiger partial charge is 0.228 e. The van der Waals surface area contributed by atoms with Crippen LogP contribution in [0.15, 0.2) is 29.4 Å². The quantitative estimate of drug-likeness (QED) is 0.788. The standard InChI is InChI=1S/C16H19FN4S/c17-13-5-3-4-12(10-13)11-22-16-19-18-15(20-8-1-2-9-20)21(16)14-6-7-14/h3-5,10,14H,1-2,6-9,11H2. The molecule has 1 saturated heterocycles. The zero-order valence-electron chi connectivity index (χ0n) is 12.4. The van der Waals surface area contributed by atoms with Gasteiger partial charge in [-0.3, -0.25) is 4.57 Å². The van der Waals surface area contributed by atoms with Crippen molar-refractivity contribution in [1.29, 1.82) is 0 Å². The highest BCUT2D eigenvalue weighted by Crippen LogP contribution is 2.41. The number of nitrogens with zero attached hydrogens (tertiary/aromatic N) is 4. The van der Waals surface area contributed by atoms with Crippen LogP contribution in [0.4, 0.5) is 10.3 Å². The van der Waals surface area contributed by atoms with Crippen LogP contribution in [0.2, 0.25) is 0 Å². The van der Waals surface area contributed by atoms with Crippen LogP contribution in [0.5, 0.6) is 0 Å². The van der Waals surface area contributed by atoms with E-state index < -0.39 is 0 Å². The summed E-state index contributed by atoms with van der Waals surface area (Å²) < 4.78 is 15.6. The summed E-state index contributed by atoms with van der Waals surface area (Å²) in [4.78, 5) is 2.34. The maximum Gasteiger partial charge on any atom is 0.228 e. The topological polar surface area (TPSA) is 34.0 Å². The highest BCUT2D eigenvalue weighted by atomic mass is 32.2. The number of hydrogen-bond donors (Lipinski definition) is 0. The molecule has 116 valence electrons. The lowest BCUT2D eigenvalue weighted by Crippen LogP contribution is -2.22. The van der Waals surface area contributed by atoms with Crippen LogP contribution in [0, 0.1) is 5.82 Å². The Morgan fingerprint density at radius 1 is 1.18 bits per heavy atom. The predicted octanol–water partition coefficient (Wildman–Crippen LogP) is 3.64. The molecule has 0 bridgehead atoms. The molecule has 4 rings (SSSR count). The molecule has 0 amide bonds. The summed E-state index contributed by atoms with van der Waals surface area (Å²) in [5.41, 5.74) is 0.984. The Morgan fingerprint density at radius 2 is 2.00 bits per heavy atom. The van der Waals surface area contributed by atoms with Gasteiger partial charge in [0.2, 0.25) is 5.95 Å². The number of halogens is 1. The number of aromatic nitrogens is 3. The van der Waals surface area contributed by atoms with E-state index in [1.54, 1.807) is 23.9 Å². The molecule has 1 aromatic carbocycles. The van der Waals surface area contributed by atoms with Crippen molar-refractivity contribution in [2.45, 2.75) is 42.6 Å². The molecule has 1 aliphatic carbocycles. The largest absolute Gasteiger partial charge is 0.341 e. The molecule has 2 aromatic rings. The minimum atomic E-state index is -0.181. The first-order valence-corrected chi connectivity index (χ1v) is 8.87. The first-order valence-electron chi connectivity index (χ1n) is 7.88. The zero-order valence-corrected chi connectivity index (χ0v) is 13.2. The molecule has 2 aliphatic rings. The number of benzene rings is 1. The monoisotopic (exact) mass is 318 g/mol. The average Bonchev–Trinajstić information content (AvgIpc) is 3.05. The van der Waals surface area contributed by atoms with E-state index in [0.717, 1.165) is 35.5 Å². The molecule has 1 aliphatic heterocycles. The molecule has 0 atom stereocenters. The first kappa shape index (κ1) is 14.1. The number of thioether (sulfide) groups is 1. The van der Waals surface area contributed by atoms with Crippen LogP contribution in [0.3, 0.4) is 0 Å². The van der Waals surface area contributed by atoms with Crippen LogP contribution in [-0.2, 0) is 5.75 Å². The summed E-state index contributed by atoms with van der Waals surface area (Å²) in [6, 6.07) is 7.33. The third-order valence-corrected chi connectivity index (χ3v) is 5.22. The molecular formula is C16H19FN4S. The fraction of sp³-hybridized carbons (Fsp3) is 0.500. The highest BCUT2D eigenvalue weighted by Gasteiger charge is 2.32. The number of hydrogen-bond acceptors (Lipinski definition) is 4. The molecule has 2 fully saturated rings. The molecule has 0 spiro atoms. The second-order valence-corrected chi connectivity index (χ2v) is 6.94. The molecule has 0 N–H and O–H groups in total. The van der Waals surface area contributed by atoms with Crippen molar-refractivity contribution in [3.8, 4) is 0 Å².